The molecule has 18 heteroatoms. The molecular weight excluding hydrogens is 961 g/mol. The second-order valence-corrected chi connectivity index (χ2v) is 21.7. The fourth-order valence-corrected chi connectivity index (χ4v) is 11.3. The normalized spacial score (nSPS) is 30.0. The van der Waals surface area contributed by atoms with Crippen LogP contribution < -0.4 is 25.7 Å². The van der Waals surface area contributed by atoms with Crippen molar-refractivity contribution in [3.05, 3.63) is 88.3 Å². The number of hydrogen-bond acceptors (Lipinski definition) is 16. The second-order valence-electron chi connectivity index (χ2n) is 21.7. The largest absolute Gasteiger partial charge is 0.507 e. The molecule has 0 aromatic heterocycles. The van der Waals surface area contributed by atoms with E-state index < -0.39 is 101 Å². The van der Waals surface area contributed by atoms with Gasteiger partial charge in [-0.15, -0.1) is 0 Å². The van der Waals surface area contributed by atoms with Crippen LogP contribution in [0.4, 0.5) is 11.4 Å². The summed E-state index contributed by atoms with van der Waals surface area (Å²) in [5, 5.41) is 51.5. The van der Waals surface area contributed by atoms with E-state index in [-0.39, 0.29) is 43.9 Å². The van der Waals surface area contributed by atoms with Gasteiger partial charge in [-0.2, -0.15) is 0 Å². The fraction of sp³-hybridized carbons (Fsp3) is 0.544. The van der Waals surface area contributed by atoms with Gasteiger partial charge in [0.1, 0.15) is 40.4 Å². The lowest BCUT2D eigenvalue weighted by Crippen LogP contribution is -2.50. The molecule has 5 bridgehead atoms. The Balaban J connectivity index is 1.15. The smallest absolute Gasteiger partial charge is 0.315 e. The van der Waals surface area contributed by atoms with Gasteiger partial charge in [-0.25, -0.2) is 4.99 Å². The molecule has 404 valence electrons. The number of nitrogens with one attached hydrogen (secondary N) is 1. The number of piperazine rings is 1. The van der Waals surface area contributed by atoms with Gasteiger partial charge in [0.25, 0.3) is 11.7 Å². The number of hydrogen-bond donors (Lipinski definition) is 5. The number of carbonyl (C=O) groups is 4. The quantitative estimate of drug-likeness (QED) is 0.112. The molecule has 0 aliphatic carbocycles. The van der Waals surface area contributed by atoms with Gasteiger partial charge < -0.3 is 59.4 Å². The van der Waals surface area contributed by atoms with Crippen LogP contribution in [-0.4, -0.2) is 143 Å². The van der Waals surface area contributed by atoms with E-state index in [4.69, 9.17) is 23.9 Å². The maximum Gasteiger partial charge on any atom is 0.315 e. The highest BCUT2D eigenvalue weighted by Gasteiger charge is 2.51. The molecule has 3 aromatic carbocycles. The highest BCUT2D eigenvalue weighted by Crippen LogP contribution is 2.51. The molecule has 0 saturated carbocycles. The lowest BCUT2D eigenvalue weighted by Gasteiger charge is -2.38. The van der Waals surface area contributed by atoms with Gasteiger partial charge in [-0.05, 0) is 38.0 Å². The first-order valence-corrected chi connectivity index (χ1v) is 26.3. The van der Waals surface area contributed by atoms with Gasteiger partial charge >= 0.3 is 11.8 Å². The Labute approximate surface area is 438 Å². The van der Waals surface area contributed by atoms with Gasteiger partial charge in [0, 0.05) is 119 Å². The average molecular weight is 1040 g/mol. The summed E-state index contributed by atoms with van der Waals surface area (Å²) in [6.07, 6.45) is 3.87. The number of benzene rings is 3. The zero-order valence-electron chi connectivity index (χ0n) is 44.8. The molecule has 0 unspecified atom stereocenters. The third kappa shape index (κ3) is 10.9. The van der Waals surface area contributed by atoms with Crippen molar-refractivity contribution >= 4 is 45.7 Å². The molecule has 2 saturated heterocycles. The first-order valence-electron chi connectivity index (χ1n) is 26.3. The maximum absolute atomic E-state index is 15.0. The van der Waals surface area contributed by atoms with Gasteiger partial charge in [0.15, 0.2) is 5.75 Å². The van der Waals surface area contributed by atoms with Crippen LogP contribution in [0.25, 0.3) is 10.8 Å². The number of likely N-dealkylation sites (tertiary alicyclic amines) is 1. The van der Waals surface area contributed by atoms with Crippen LogP contribution in [0.1, 0.15) is 90.6 Å². The summed E-state index contributed by atoms with van der Waals surface area (Å²) in [6, 6.07) is 9.89. The lowest BCUT2D eigenvalue weighted by molar-refractivity contribution is -0.165. The van der Waals surface area contributed by atoms with Crippen molar-refractivity contribution in [1.82, 2.24) is 9.80 Å². The van der Waals surface area contributed by atoms with Crippen molar-refractivity contribution in [3.63, 3.8) is 0 Å². The van der Waals surface area contributed by atoms with Crippen LogP contribution in [0.15, 0.2) is 76.5 Å². The number of allylic oxidation sites excluding steroid dienone is 2. The summed E-state index contributed by atoms with van der Waals surface area (Å²) in [7, 11) is 1.45. The SMILES string of the molecule is CO[C@H]1/C=C/O[C@@]2(C)Oc3c(C)c(O)c4c(O)c(c5c(c4c3C2=O)NC2(CCN(CC(C)C)CC2)N=5)=NC(=O)/C(C)=C\C=C\[C@H](C)[C@H](O)[C@@H](C)[C@@H](O)[C@@H](C)[C@H](OC(=O)CC(=O)N2CCN(c3ccccc3)CC2)[C@@H]1C. The van der Waals surface area contributed by atoms with Crippen LogP contribution in [0.3, 0.4) is 0 Å². The summed E-state index contributed by atoms with van der Waals surface area (Å²) in [5.41, 5.74) is 0.808. The van der Waals surface area contributed by atoms with Crippen LogP contribution in [0.5, 0.6) is 17.2 Å². The number of methoxy groups -OCH3 is 1. The number of amides is 2. The molecule has 9 rings (SSSR count). The van der Waals surface area contributed by atoms with Gasteiger partial charge in [0.2, 0.25) is 5.91 Å². The minimum Gasteiger partial charge on any atom is -0.507 e. The molecule has 1 spiro atoms. The van der Waals surface area contributed by atoms with E-state index in [1.165, 1.54) is 32.4 Å². The van der Waals surface area contributed by atoms with Gasteiger partial charge in [-0.3, -0.25) is 24.2 Å². The van der Waals surface area contributed by atoms with E-state index in [1.54, 1.807) is 58.6 Å². The summed E-state index contributed by atoms with van der Waals surface area (Å²) in [4.78, 5) is 72.3. The number of anilines is 2. The number of piperidine rings is 1. The number of aliphatic hydroxyl groups excluding tert-OH is 2. The number of ketones is 1. The minimum absolute atomic E-state index is 0.0257. The summed E-state index contributed by atoms with van der Waals surface area (Å²) < 4.78 is 24.7. The van der Waals surface area contributed by atoms with E-state index in [0.717, 1.165) is 12.2 Å². The number of nitrogens with zero attached hydrogens (tertiary/aromatic N) is 5. The highest BCUT2D eigenvalue weighted by atomic mass is 16.7. The number of esters is 1. The van der Waals surface area contributed by atoms with E-state index in [2.05, 4.69) is 34.0 Å². The van der Waals surface area contributed by atoms with E-state index in [1.807, 2.05) is 30.3 Å². The zero-order chi connectivity index (χ0) is 54.3. The Kier molecular flexibility index (Phi) is 16.2. The van der Waals surface area contributed by atoms with Crippen LogP contribution >= 0.6 is 0 Å². The number of phenolic OH excluding ortho intramolecular Hbond substituents is 2. The number of ether oxygens (including phenoxy) is 4. The molecule has 75 heavy (non-hydrogen) atoms. The molecule has 2 fully saturated rings. The molecule has 18 nitrogen and oxygen atoms in total. The van der Waals surface area contributed by atoms with Gasteiger partial charge in [0.05, 0.1) is 41.2 Å². The van der Waals surface area contributed by atoms with Gasteiger partial charge in [-0.1, -0.05) is 78.0 Å². The minimum atomic E-state index is -2.02. The Morgan fingerprint density at radius 3 is 2.21 bits per heavy atom. The number of carbonyl (C=O) groups excluding carboxylic acids is 4. The van der Waals surface area contributed by atoms with Crippen molar-refractivity contribution in [2.75, 3.05) is 63.1 Å². The summed E-state index contributed by atoms with van der Waals surface area (Å²) >= 11 is 0. The summed E-state index contributed by atoms with van der Waals surface area (Å²) in [6.45, 7) is 20.1. The summed E-state index contributed by atoms with van der Waals surface area (Å²) in [5.74, 6) is -7.88. The zero-order valence-corrected chi connectivity index (χ0v) is 44.8. The molecular formula is C57H74N6O12. The van der Waals surface area contributed by atoms with Crippen molar-refractivity contribution in [2.45, 2.75) is 117 Å². The van der Waals surface area contributed by atoms with E-state index in [9.17, 15) is 39.6 Å². The van der Waals surface area contributed by atoms with Crippen LogP contribution in [0.2, 0.25) is 0 Å². The lowest BCUT2D eigenvalue weighted by atomic mass is 9.78. The predicted molar refractivity (Wildman–Crippen MR) is 282 cm³/mol. The topological polar surface area (TPSA) is 233 Å². The molecule has 3 aromatic rings. The predicted octanol–water partition coefficient (Wildman–Crippen LogP) is 5.47. The Morgan fingerprint density at radius 2 is 1.56 bits per heavy atom. The van der Waals surface area contributed by atoms with E-state index >= 15 is 0 Å². The second kappa shape index (κ2) is 22.1. The molecule has 2 amide bonds. The number of phenols is 2. The number of Topliss-reactive ketones (excluding diaryl/α,β-unsaturated/α-hetero) is 1. The molecule has 0 radical (unpaired) electrons. The number of rotatable bonds is 7. The number of para-hydroxylation sites is 1. The molecule has 6 heterocycles. The third-order valence-corrected chi connectivity index (χ3v) is 15.9. The molecule has 5 N–H and O–H groups in total. The first-order chi connectivity index (χ1) is 35.6. The number of fused-ring (bicyclic) bond motifs is 13. The monoisotopic (exact) mass is 1030 g/mol. The number of aromatic hydroxyl groups is 2. The van der Waals surface area contributed by atoms with Crippen molar-refractivity contribution in [2.24, 2.45) is 39.6 Å². The molecule has 6 aliphatic rings. The van der Waals surface area contributed by atoms with Crippen molar-refractivity contribution < 1.29 is 58.6 Å². The fourth-order valence-electron chi connectivity index (χ4n) is 11.3. The highest BCUT2D eigenvalue weighted by molar-refractivity contribution is 6.21. The van der Waals surface area contributed by atoms with Crippen molar-refractivity contribution in [1.29, 1.82) is 0 Å². The molecule has 9 atom stereocenters. The molecule has 6 aliphatic heterocycles. The Morgan fingerprint density at radius 1 is 0.880 bits per heavy atom. The third-order valence-electron chi connectivity index (χ3n) is 15.9. The average Bonchev–Trinajstić information content (AvgIpc) is 3.95. The van der Waals surface area contributed by atoms with Crippen molar-refractivity contribution in [3.8, 4) is 17.2 Å². The van der Waals surface area contributed by atoms with Crippen LogP contribution in [-0.2, 0) is 28.6 Å². The Hall–Kier alpha value is -6.34. The van der Waals surface area contributed by atoms with Crippen LogP contribution in [0, 0.1) is 36.5 Å². The standard InChI is InChI=1S/C57H74N6O12/c1-31(2)30-61-22-20-57(21-23-61)59-45-42-43-50(68)37(8)53-44(42)54(70)56(9,75-53)73-28-19-39(72-10)34(5)52(74-41(65)29-40(64)63-26-24-62(25-27-63)38-17-12-11-13-18-38)36(7)49(67)35(6)48(66)32(3)15-14-16-33(4)55(71)58-47(51(43)69)46(45)60-57/h11-19,28,31-32,34-36,39,48-49,52,59,66-69H,20-27,29-30H2,1-10H3/b15-14+,28-19+,33-16-,58-47?/t32-,34+,35+,36+,39-,48-,49+,52+,56-/m0/s1. The maximum atomic E-state index is 15.0. The Bertz CT molecular complexity index is 2910. The first kappa shape index (κ1) is 54.9. The number of aliphatic hydroxyl groups is 2. The van der Waals surface area contributed by atoms with E-state index in [0.29, 0.717) is 63.7 Å².